The van der Waals surface area contributed by atoms with Crippen molar-refractivity contribution >= 4 is 0 Å². The van der Waals surface area contributed by atoms with Crippen LogP contribution in [0, 0.1) is 17.3 Å². The number of rotatable bonds is 2. The molecule has 3 N–H and O–H groups in total. The Bertz CT molecular complexity index is 559. The Morgan fingerprint density at radius 3 is 2.45 bits per heavy atom. The fourth-order valence-electron chi connectivity index (χ4n) is 2.95. The van der Waals surface area contributed by atoms with E-state index >= 15 is 0 Å². The van der Waals surface area contributed by atoms with Gasteiger partial charge >= 0.3 is 0 Å². The number of alkyl halides is 2. The third kappa shape index (κ3) is 3.40. The summed E-state index contributed by atoms with van der Waals surface area (Å²) in [6, 6.07) is 0. The molecule has 1 aliphatic carbocycles. The predicted octanol–water partition coefficient (Wildman–Crippen LogP) is 2.42. The van der Waals surface area contributed by atoms with E-state index in [1.54, 1.807) is 20.8 Å². The van der Waals surface area contributed by atoms with Crippen LogP contribution in [0.1, 0.15) is 41.0 Å². The highest BCUT2D eigenvalue weighted by Crippen LogP contribution is 2.49. The molecule has 5 heteroatoms. The first-order chi connectivity index (χ1) is 9.87. The van der Waals surface area contributed by atoms with Crippen LogP contribution in [-0.2, 0) is 0 Å². The molecule has 1 aliphatic rings. The van der Waals surface area contributed by atoms with Gasteiger partial charge in [0.05, 0.1) is 12.7 Å². The lowest BCUT2D eigenvalue weighted by atomic mass is 9.61. The molecule has 0 bridgehead atoms. The molecule has 0 fully saturated rings. The number of allylic oxidation sites excluding steroid dienone is 1. The average molecular weight is 314 g/mol. The van der Waals surface area contributed by atoms with Gasteiger partial charge in [-0.3, -0.25) is 0 Å². The Hall–Kier alpha value is -1.22. The van der Waals surface area contributed by atoms with Crippen LogP contribution in [0.2, 0.25) is 0 Å². The van der Waals surface area contributed by atoms with Crippen LogP contribution in [-0.4, -0.2) is 39.6 Å². The van der Waals surface area contributed by atoms with Crippen molar-refractivity contribution < 1.29 is 24.1 Å². The molecule has 2 unspecified atom stereocenters. The molecule has 3 nitrogen and oxygen atoms in total. The van der Waals surface area contributed by atoms with E-state index in [0.717, 1.165) is 0 Å². The van der Waals surface area contributed by atoms with Gasteiger partial charge in [-0.1, -0.05) is 25.7 Å². The Labute approximate surface area is 130 Å². The number of hydrogen-bond donors (Lipinski definition) is 3. The second-order valence-electron chi connectivity index (χ2n) is 6.56. The maximum Gasteiger partial charge on any atom is 0.269 e. The van der Waals surface area contributed by atoms with Crippen LogP contribution in [0.15, 0.2) is 22.8 Å². The summed E-state index contributed by atoms with van der Waals surface area (Å²) in [7, 11) is 0. The standard InChI is InChI=1S/C17H24F2O3/c1-11(7-9-20)6-8-17(22)12(2)14(16(5,18)19)13(21)10-15(17,3)4/h7,13,20-22H,9-10H2,1-5H3/b11-7-. The predicted molar refractivity (Wildman–Crippen MR) is 81.3 cm³/mol. The van der Waals surface area contributed by atoms with Gasteiger partial charge in [0.15, 0.2) is 5.60 Å². The highest BCUT2D eigenvalue weighted by molar-refractivity contribution is 5.45. The molecule has 0 aromatic carbocycles. The third-order valence-corrected chi connectivity index (χ3v) is 4.27. The molecule has 1 rings (SSSR count). The smallest absolute Gasteiger partial charge is 0.269 e. The monoisotopic (exact) mass is 314 g/mol. The fraction of sp³-hybridized carbons (Fsp3) is 0.647. The molecular formula is C17H24F2O3. The van der Waals surface area contributed by atoms with Crippen LogP contribution >= 0.6 is 0 Å². The van der Waals surface area contributed by atoms with Gasteiger partial charge in [0.1, 0.15) is 0 Å². The van der Waals surface area contributed by atoms with E-state index in [9.17, 15) is 19.0 Å². The van der Waals surface area contributed by atoms with E-state index in [1.165, 1.54) is 13.0 Å². The van der Waals surface area contributed by atoms with E-state index in [2.05, 4.69) is 11.8 Å². The first-order valence-corrected chi connectivity index (χ1v) is 7.17. The quantitative estimate of drug-likeness (QED) is 0.542. The summed E-state index contributed by atoms with van der Waals surface area (Å²) in [5.41, 5.74) is -2.60. The Morgan fingerprint density at radius 1 is 1.45 bits per heavy atom. The van der Waals surface area contributed by atoms with Crippen LogP contribution in [0.25, 0.3) is 0 Å². The fourth-order valence-corrected chi connectivity index (χ4v) is 2.95. The van der Waals surface area contributed by atoms with Crippen LogP contribution in [0.5, 0.6) is 0 Å². The first kappa shape index (κ1) is 18.8. The molecule has 0 aromatic rings. The topological polar surface area (TPSA) is 60.7 Å². The molecule has 22 heavy (non-hydrogen) atoms. The molecule has 0 radical (unpaired) electrons. The van der Waals surface area contributed by atoms with E-state index in [1.807, 2.05) is 0 Å². The Balaban J connectivity index is 3.52. The van der Waals surface area contributed by atoms with Crippen molar-refractivity contribution in [3.05, 3.63) is 22.8 Å². The van der Waals surface area contributed by atoms with Gasteiger partial charge in [-0.15, -0.1) is 0 Å². The van der Waals surface area contributed by atoms with Gasteiger partial charge in [-0.25, -0.2) is 8.78 Å². The second kappa shape index (κ2) is 6.11. The van der Waals surface area contributed by atoms with E-state index in [0.29, 0.717) is 12.5 Å². The average Bonchev–Trinajstić information content (AvgIpc) is 2.32. The van der Waals surface area contributed by atoms with Crippen LogP contribution in [0.4, 0.5) is 8.78 Å². The molecule has 2 atom stereocenters. The molecule has 0 aromatic heterocycles. The lowest BCUT2D eigenvalue weighted by Gasteiger charge is -2.47. The zero-order valence-electron chi connectivity index (χ0n) is 13.7. The van der Waals surface area contributed by atoms with E-state index < -0.39 is 28.6 Å². The lowest BCUT2D eigenvalue weighted by molar-refractivity contribution is -0.0516. The van der Waals surface area contributed by atoms with E-state index in [4.69, 9.17) is 5.11 Å². The lowest BCUT2D eigenvalue weighted by Crippen LogP contribution is -2.53. The largest absolute Gasteiger partial charge is 0.392 e. The number of aliphatic hydroxyl groups is 3. The first-order valence-electron chi connectivity index (χ1n) is 7.17. The highest BCUT2D eigenvalue weighted by atomic mass is 19.3. The van der Waals surface area contributed by atoms with Crippen molar-refractivity contribution in [3.63, 3.8) is 0 Å². The molecular weight excluding hydrogens is 290 g/mol. The van der Waals surface area contributed by atoms with Crippen molar-refractivity contribution in [2.24, 2.45) is 5.41 Å². The zero-order chi connectivity index (χ0) is 17.3. The minimum atomic E-state index is -3.23. The summed E-state index contributed by atoms with van der Waals surface area (Å²) >= 11 is 0. The molecule has 0 heterocycles. The summed E-state index contributed by atoms with van der Waals surface area (Å²) in [5.74, 6) is 2.15. The minimum Gasteiger partial charge on any atom is -0.392 e. The molecule has 0 saturated carbocycles. The summed E-state index contributed by atoms with van der Waals surface area (Å²) < 4.78 is 27.6. The number of aliphatic hydroxyl groups excluding tert-OH is 2. The molecule has 0 aliphatic heterocycles. The second-order valence-corrected chi connectivity index (χ2v) is 6.56. The Morgan fingerprint density at radius 2 is 2.00 bits per heavy atom. The number of hydrogen-bond acceptors (Lipinski definition) is 3. The highest BCUT2D eigenvalue weighted by Gasteiger charge is 2.53. The normalized spacial score (nSPS) is 29.2. The van der Waals surface area contributed by atoms with Crippen LogP contribution in [0.3, 0.4) is 0 Å². The van der Waals surface area contributed by atoms with Crippen molar-refractivity contribution in [1.82, 2.24) is 0 Å². The molecule has 0 saturated heterocycles. The van der Waals surface area contributed by atoms with Gasteiger partial charge in [-0.2, -0.15) is 0 Å². The SMILES string of the molecule is CC1=C(C(C)(F)F)C(O)CC(C)(C)C1(O)C#C/C(C)=C\CO. The van der Waals surface area contributed by atoms with Gasteiger partial charge in [0.2, 0.25) is 0 Å². The number of halogens is 2. The van der Waals surface area contributed by atoms with Crippen molar-refractivity contribution in [1.29, 1.82) is 0 Å². The van der Waals surface area contributed by atoms with Crippen molar-refractivity contribution in [2.75, 3.05) is 6.61 Å². The minimum absolute atomic E-state index is 0.00644. The zero-order valence-corrected chi connectivity index (χ0v) is 13.7. The van der Waals surface area contributed by atoms with Gasteiger partial charge in [-0.05, 0) is 37.5 Å². The molecule has 0 spiro atoms. The van der Waals surface area contributed by atoms with Crippen molar-refractivity contribution in [3.8, 4) is 11.8 Å². The molecule has 124 valence electrons. The van der Waals surface area contributed by atoms with Gasteiger partial charge < -0.3 is 15.3 Å². The van der Waals surface area contributed by atoms with Gasteiger partial charge in [0.25, 0.3) is 5.92 Å². The van der Waals surface area contributed by atoms with Crippen molar-refractivity contribution in [2.45, 2.75) is 58.7 Å². The summed E-state index contributed by atoms with van der Waals surface area (Å²) in [6.07, 6.45) is 0.137. The summed E-state index contributed by atoms with van der Waals surface area (Å²) in [5, 5.41) is 29.9. The van der Waals surface area contributed by atoms with E-state index in [-0.39, 0.29) is 18.6 Å². The summed E-state index contributed by atoms with van der Waals surface area (Å²) in [6.45, 7) is 6.93. The van der Waals surface area contributed by atoms with Gasteiger partial charge in [0, 0.05) is 17.9 Å². The Kier molecular flexibility index (Phi) is 5.23. The maximum atomic E-state index is 13.8. The summed E-state index contributed by atoms with van der Waals surface area (Å²) in [4.78, 5) is 0. The maximum absolute atomic E-state index is 13.8. The molecule has 0 amide bonds. The third-order valence-electron chi connectivity index (χ3n) is 4.27. The van der Waals surface area contributed by atoms with Crippen LogP contribution < -0.4 is 0 Å².